The van der Waals surface area contributed by atoms with Gasteiger partial charge in [0.1, 0.15) is 17.3 Å². The van der Waals surface area contributed by atoms with Gasteiger partial charge in [0, 0.05) is 22.4 Å². The fourth-order valence-corrected chi connectivity index (χ4v) is 7.29. The Kier molecular flexibility index (Phi) is 5.48. The molecule has 1 N–H and O–H groups in total. The zero-order valence-electron chi connectivity index (χ0n) is 23.9. The van der Waals surface area contributed by atoms with Gasteiger partial charge >= 0.3 is 0 Å². The van der Waals surface area contributed by atoms with E-state index in [0.717, 1.165) is 50.8 Å². The van der Waals surface area contributed by atoms with Crippen LogP contribution in [0.15, 0.2) is 163 Å². The third kappa shape index (κ3) is 3.59. The molecule has 0 bridgehead atoms. The molecule has 2 heterocycles. The molecule has 6 aromatic rings. The average Bonchev–Trinajstić information content (AvgIpc) is 3.39. The lowest BCUT2D eigenvalue weighted by Crippen LogP contribution is -2.33. The Hall–Kier alpha value is -5.67. The van der Waals surface area contributed by atoms with E-state index in [1.165, 1.54) is 22.3 Å². The van der Waals surface area contributed by atoms with Gasteiger partial charge in [-0.3, -0.25) is 4.99 Å². The van der Waals surface area contributed by atoms with Crippen molar-refractivity contribution in [2.45, 2.75) is 11.5 Å². The topological polar surface area (TPSA) is 33.6 Å². The molecule has 0 amide bonds. The van der Waals surface area contributed by atoms with Crippen LogP contribution in [0.3, 0.4) is 0 Å². The van der Waals surface area contributed by atoms with Crippen LogP contribution < -0.4 is 10.1 Å². The van der Waals surface area contributed by atoms with Crippen molar-refractivity contribution in [1.82, 2.24) is 5.32 Å². The van der Waals surface area contributed by atoms with Crippen LogP contribution in [0.5, 0.6) is 11.5 Å². The first kappa shape index (κ1) is 24.9. The highest BCUT2D eigenvalue weighted by molar-refractivity contribution is 6.06. The minimum Gasteiger partial charge on any atom is -0.457 e. The molecular weight excluding hydrogens is 536 g/mol. The molecule has 1 spiro atoms. The number of amidine groups is 1. The molecule has 6 aromatic carbocycles. The summed E-state index contributed by atoms with van der Waals surface area (Å²) in [6, 6.07) is 53.6. The van der Waals surface area contributed by atoms with Crippen molar-refractivity contribution in [2.75, 3.05) is 0 Å². The van der Waals surface area contributed by atoms with Crippen molar-refractivity contribution in [3.8, 4) is 22.6 Å². The smallest absolute Gasteiger partial charge is 0.133 e. The maximum Gasteiger partial charge on any atom is 0.133 e. The van der Waals surface area contributed by atoms with E-state index in [1.54, 1.807) is 0 Å². The second-order valence-corrected chi connectivity index (χ2v) is 11.6. The van der Waals surface area contributed by atoms with E-state index >= 15 is 0 Å². The molecule has 0 aromatic heterocycles. The van der Waals surface area contributed by atoms with E-state index in [0.29, 0.717) is 0 Å². The number of nitrogens with one attached hydrogen (secondary N) is 1. The monoisotopic (exact) mass is 564 g/mol. The number of rotatable bonds is 3. The second-order valence-electron chi connectivity index (χ2n) is 11.6. The zero-order valence-corrected chi connectivity index (χ0v) is 23.9. The lowest BCUT2D eigenvalue weighted by Gasteiger charge is -2.39. The summed E-state index contributed by atoms with van der Waals surface area (Å²) in [5, 5.41) is 3.71. The summed E-state index contributed by atoms with van der Waals surface area (Å²) >= 11 is 0. The van der Waals surface area contributed by atoms with Gasteiger partial charge in [0.25, 0.3) is 0 Å². The quantitative estimate of drug-likeness (QED) is 0.232. The van der Waals surface area contributed by atoms with Gasteiger partial charge in [-0.25, -0.2) is 0 Å². The average molecular weight is 565 g/mol. The summed E-state index contributed by atoms with van der Waals surface area (Å²) in [4.78, 5) is 5.30. The first-order chi connectivity index (χ1) is 21.8. The van der Waals surface area contributed by atoms with Crippen LogP contribution in [-0.4, -0.2) is 5.84 Å². The summed E-state index contributed by atoms with van der Waals surface area (Å²) in [6.45, 7) is 0. The maximum atomic E-state index is 6.52. The highest BCUT2D eigenvalue weighted by atomic mass is 16.5. The molecule has 0 fully saturated rings. The molecule has 1 aliphatic carbocycles. The Labute approximate surface area is 256 Å². The predicted molar refractivity (Wildman–Crippen MR) is 177 cm³/mol. The van der Waals surface area contributed by atoms with Gasteiger partial charge in [-0.1, -0.05) is 133 Å². The second kappa shape index (κ2) is 9.68. The molecule has 3 nitrogen and oxygen atoms in total. The number of nitrogens with zero attached hydrogens (tertiary/aromatic N) is 1. The molecule has 1 unspecified atom stereocenters. The van der Waals surface area contributed by atoms with Crippen molar-refractivity contribution < 1.29 is 4.74 Å². The van der Waals surface area contributed by atoms with Gasteiger partial charge < -0.3 is 10.1 Å². The van der Waals surface area contributed by atoms with Crippen molar-refractivity contribution in [1.29, 1.82) is 0 Å². The number of aliphatic imine (C=N–C) groups is 1. The first-order valence-corrected chi connectivity index (χ1v) is 15.1. The number of hydrogen-bond donors (Lipinski definition) is 1. The van der Waals surface area contributed by atoms with Crippen molar-refractivity contribution >= 4 is 11.5 Å². The Bertz CT molecular complexity index is 2080. The van der Waals surface area contributed by atoms with E-state index in [2.05, 4.69) is 163 Å². The maximum absolute atomic E-state index is 6.52. The van der Waals surface area contributed by atoms with Crippen LogP contribution in [0.25, 0.3) is 16.8 Å². The molecule has 0 radical (unpaired) electrons. The lowest BCUT2D eigenvalue weighted by atomic mass is 9.66. The van der Waals surface area contributed by atoms with E-state index in [-0.39, 0.29) is 6.04 Å². The van der Waals surface area contributed by atoms with Gasteiger partial charge in [-0.2, -0.15) is 0 Å². The van der Waals surface area contributed by atoms with Crippen molar-refractivity contribution in [2.24, 2.45) is 4.99 Å². The Morgan fingerprint density at radius 2 is 1.11 bits per heavy atom. The SMILES string of the molecule is C1=C(c2ccccc2)NC(c2ccc3c(c2)C2(c4ccccc4Oc4ccccc42)c2ccccc2-3)=NC1c1ccccc1. The van der Waals surface area contributed by atoms with Crippen LogP contribution in [0, 0.1) is 0 Å². The molecule has 44 heavy (non-hydrogen) atoms. The van der Waals surface area contributed by atoms with Crippen LogP contribution >= 0.6 is 0 Å². The standard InChI is InChI=1S/C41H28N2O/c1-3-13-27(14-4-1)36-26-37(28-15-5-2-6-16-28)43-40(42-36)29-23-24-31-30-17-7-8-18-32(30)41(35(31)25-29)33-19-9-11-21-38(33)44-39-22-12-10-20-34(39)41/h1-26,36H,(H,42,43). The number of ether oxygens (including phenoxy) is 1. The molecular formula is C41H28N2O. The normalized spacial score (nSPS) is 16.8. The summed E-state index contributed by atoms with van der Waals surface area (Å²) in [7, 11) is 0. The minimum absolute atomic E-state index is 0.105. The van der Waals surface area contributed by atoms with Gasteiger partial charge in [-0.15, -0.1) is 0 Å². The number of para-hydroxylation sites is 2. The number of fused-ring (bicyclic) bond motifs is 9. The summed E-state index contributed by atoms with van der Waals surface area (Å²) in [5.41, 5.74) is 11.2. The Morgan fingerprint density at radius 1 is 0.523 bits per heavy atom. The van der Waals surface area contributed by atoms with Gasteiger partial charge in [0.15, 0.2) is 0 Å². The molecule has 1 atom stereocenters. The Morgan fingerprint density at radius 3 is 1.84 bits per heavy atom. The number of hydrogen-bond acceptors (Lipinski definition) is 3. The van der Waals surface area contributed by atoms with E-state index in [4.69, 9.17) is 9.73 Å². The fraction of sp³-hybridized carbons (Fsp3) is 0.0488. The van der Waals surface area contributed by atoms with Crippen LogP contribution in [-0.2, 0) is 5.41 Å². The van der Waals surface area contributed by atoms with Gasteiger partial charge in [0.05, 0.1) is 11.5 Å². The molecule has 2 aliphatic heterocycles. The third-order valence-corrected chi connectivity index (χ3v) is 9.19. The van der Waals surface area contributed by atoms with Crippen LogP contribution in [0.4, 0.5) is 0 Å². The molecule has 208 valence electrons. The molecule has 3 aliphatic rings. The highest BCUT2D eigenvalue weighted by Gasteiger charge is 2.51. The van der Waals surface area contributed by atoms with Crippen LogP contribution in [0.1, 0.15) is 45.0 Å². The molecule has 9 rings (SSSR count). The minimum atomic E-state index is -0.514. The third-order valence-electron chi connectivity index (χ3n) is 9.19. The highest BCUT2D eigenvalue weighted by Crippen LogP contribution is 2.62. The van der Waals surface area contributed by atoms with Crippen molar-refractivity contribution in [3.63, 3.8) is 0 Å². The molecule has 3 heteroatoms. The van der Waals surface area contributed by atoms with E-state index in [1.807, 2.05) is 0 Å². The van der Waals surface area contributed by atoms with E-state index in [9.17, 15) is 0 Å². The molecule has 0 saturated heterocycles. The lowest BCUT2D eigenvalue weighted by molar-refractivity contribution is 0.436. The van der Waals surface area contributed by atoms with Gasteiger partial charge in [-0.05, 0) is 57.7 Å². The molecule has 0 saturated carbocycles. The summed E-state index contributed by atoms with van der Waals surface area (Å²) in [5.74, 6) is 2.65. The Balaban J connectivity index is 1.28. The summed E-state index contributed by atoms with van der Waals surface area (Å²) < 4.78 is 6.52. The van der Waals surface area contributed by atoms with Crippen molar-refractivity contribution in [3.05, 3.63) is 197 Å². The predicted octanol–water partition coefficient (Wildman–Crippen LogP) is 9.29. The largest absolute Gasteiger partial charge is 0.457 e. The van der Waals surface area contributed by atoms with E-state index < -0.39 is 5.41 Å². The number of benzene rings is 6. The van der Waals surface area contributed by atoms with Crippen LogP contribution in [0.2, 0.25) is 0 Å². The van der Waals surface area contributed by atoms with Gasteiger partial charge in [0.2, 0.25) is 0 Å². The fourth-order valence-electron chi connectivity index (χ4n) is 7.29. The first-order valence-electron chi connectivity index (χ1n) is 15.1. The zero-order chi connectivity index (χ0) is 29.1. The summed E-state index contributed by atoms with van der Waals surface area (Å²) in [6.07, 6.45) is 2.23.